The highest BCUT2D eigenvalue weighted by Gasteiger charge is 2.35. The van der Waals surface area contributed by atoms with Gasteiger partial charge in [0.1, 0.15) is 5.82 Å². The van der Waals surface area contributed by atoms with Crippen LogP contribution in [0.25, 0.3) is 0 Å². The fourth-order valence-corrected chi connectivity index (χ4v) is 2.14. The van der Waals surface area contributed by atoms with Gasteiger partial charge in [-0.15, -0.1) is 0 Å². The topological polar surface area (TPSA) is 40.5 Å². The number of likely N-dealkylation sites (tertiary alicyclic amines) is 1. The molecule has 0 spiro atoms. The fraction of sp³-hybridized carbons (Fsp3) is 0.462. The zero-order chi connectivity index (χ0) is 12.4. The maximum Gasteiger partial charge on any atom is 0.309 e. The molecular weight excluding hydrogens is 221 g/mol. The van der Waals surface area contributed by atoms with Crippen LogP contribution in [-0.2, 0) is 11.2 Å². The quantitative estimate of drug-likeness (QED) is 0.867. The maximum absolute atomic E-state index is 13.4. The van der Waals surface area contributed by atoms with Crippen molar-refractivity contribution in [2.45, 2.75) is 19.4 Å². The molecule has 1 heterocycles. The van der Waals surface area contributed by atoms with Crippen molar-refractivity contribution in [1.29, 1.82) is 0 Å². The van der Waals surface area contributed by atoms with E-state index in [2.05, 4.69) is 4.90 Å². The largest absolute Gasteiger partial charge is 0.481 e. The minimum atomic E-state index is -0.737. The monoisotopic (exact) mass is 237 g/mol. The highest BCUT2D eigenvalue weighted by atomic mass is 19.1. The van der Waals surface area contributed by atoms with E-state index in [1.54, 1.807) is 12.1 Å². The van der Waals surface area contributed by atoms with Gasteiger partial charge >= 0.3 is 5.97 Å². The summed E-state index contributed by atoms with van der Waals surface area (Å²) in [6.45, 7) is 3.15. The molecule has 0 radical (unpaired) electrons. The molecule has 0 aromatic heterocycles. The number of carboxylic acid groups (broad SMARTS) is 1. The Balaban J connectivity index is 1.89. The number of benzene rings is 1. The molecule has 1 saturated heterocycles. The minimum Gasteiger partial charge on any atom is -0.481 e. The van der Waals surface area contributed by atoms with E-state index in [4.69, 9.17) is 5.11 Å². The van der Waals surface area contributed by atoms with Gasteiger partial charge in [-0.3, -0.25) is 9.69 Å². The second kappa shape index (κ2) is 4.84. The lowest BCUT2D eigenvalue weighted by atomic mass is 9.95. The van der Waals surface area contributed by atoms with Crippen LogP contribution in [0.5, 0.6) is 0 Å². The number of carbonyl (C=O) groups is 1. The predicted molar refractivity (Wildman–Crippen MR) is 62.3 cm³/mol. The van der Waals surface area contributed by atoms with E-state index in [-0.39, 0.29) is 17.8 Å². The Hall–Kier alpha value is -1.42. The molecule has 2 rings (SSSR count). The lowest BCUT2D eigenvalue weighted by Crippen LogP contribution is -2.54. The van der Waals surface area contributed by atoms with Crippen molar-refractivity contribution in [3.63, 3.8) is 0 Å². The van der Waals surface area contributed by atoms with Crippen LogP contribution < -0.4 is 0 Å². The summed E-state index contributed by atoms with van der Waals surface area (Å²) in [6, 6.07) is 6.91. The lowest BCUT2D eigenvalue weighted by Gasteiger charge is -2.41. The van der Waals surface area contributed by atoms with Gasteiger partial charge in [0.05, 0.1) is 5.92 Å². The summed E-state index contributed by atoms with van der Waals surface area (Å²) in [5.41, 5.74) is 0.693. The van der Waals surface area contributed by atoms with Crippen LogP contribution >= 0.6 is 0 Å². The number of nitrogens with zero attached hydrogens (tertiary/aromatic N) is 1. The molecule has 0 aliphatic carbocycles. The molecule has 1 aliphatic rings. The second-order valence-corrected chi connectivity index (χ2v) is 4.63. The molecule has 17 heavy (non-hydrogen) atoms. The summed E-state index contributed by atoms with van der Waals surface area (Å²) in [6.07, 6.45) is 0.624. The standard InChI is InChI=1S/C13H16FNO2/c1-9(15-7-11(8-15)13(16)17)6-10-4-2-3-5-12(10)14/h2-5,9,11H,6-8H2,1H3,(H,16,17). The van der Waals surface area contributed by atoms with Crippen LogP contribution in [0.1, 0.15) is 12.5 Å². The first-order valence-electron chi connectivity index (χ1n) is 5.78. The van der Waals surface area contributed by atoms with E-state index in [9.17, 15) is 9.18 Å². The number of carboxylic acids is 1. The van der Waals surface area contributed by atoms with Crippen LogP contribution in [0.15, 0.2) is 24.3 Å². The average Bonchev–Trinajstić information content (AvgIpc) is 2.18. The van der Waals surface area contributed by atoms with Crippen LogP contribution in [0.3, 0.4) is 0 Å². The molecule has 1 aromatic rings. The summed E-state index contributed by atoms with van der Waals surface area (Å²) >= 11 is 0. The molecule has 4 heteroatoms. The van der Waals surface area contributed by atoms with Crippen LogP contribution in [0, 0.1) is 11.7 Å². The Morgan fingerprint density at radius 1 is 1.53 bits per heavy atom. The van der Waals surface area contributed by atoms with E-state index in [1.165, 1.54) is 6.07 Å². The first-order chi connectivity index (χ1) is 8.08. The van der Waals surface area contributed by atoms with Crippen molar-refractivity contribution in [3.05, 3.63) is 35.6 Å². The summed E-state index contributed by atoms with van der Waals surface area (Å²) < 4.78 is 13.4. The van der Waals surface area contributed by atoms with Crippen molar-refractivity contribution in [3.8, 4) is 0 Å². The molecule has 1 unspecified atom stereocenters. The molecule has 1 fully saturated rings. The van der Waals surface area contributed by atoms with Crippen LogP contribution in [0.2, 0.25) is 0 Å². The number of halogens is 1. The van der Waals surface area contributed by atoms with Gasteiger partial charge in [-0.05, 0) is 25.0 Å². The molecule has 0 bridgehead atoms. The van der Waals surface area contributed by atoms with E-state index >= 15 is 0 Å². The van der Waals surface area contributed by atoms with Crippen molar-refractivity contribution in [2.75, 3.05) is 13.1 Å². The van der Waals surface area contributed by atoms with E-state index in [0.29, 0.717) is 25.1 Å². The van der Waals surface area contributed by atoms with Gasteiger partial charge in [-0.2, -0.15) is 0 Å². The van der Waals surface area contributed by atoms with Gasteiger partial charge in [0.25, 0.3) is 0 Å². The molecule has 0 amide bonds. The molecular formula is C13H16FNO2. The summed E-state index contributed by atoms with van der Waals surface area (Å²) in [5.74, 6) is -1.17. The van der Waals surface area contributed by atoms with Gasteiger partial charge in [-0.1, -0.05) is 18.2 Å². The zero-order valence-corrected chi connectivity index (χ0v) is 9.77. The van der Waals surface area contributed by atoms with Gasteiger partial charge < -0.3 is 5.11 Å². The summed E-state index contributed by atoms with van der Waals surface area (Å²) in [5, 5.41) is 8.78. The zero-order valence-electron chi connectivity index (χ0n) is 9.77. The van der Waals surface area contributed by atoms with E-state index in [1.807, 2.05) is 13.0 Å². The number of aliphatic carboxylic acids is 1. The third kappa shape index (κ3) is 2.64. The van der Waals surface area contributed by atoms with Crippen molar-refractivity contribution in [2.24, 2.45) is 5.92 Å². The first-order valence-corrected chi connectivity index (χ1v) is 5.78. The Labute approximate surface area is 99.9 Å². The number of hydrogen-bond acceptors (Lipinski definition) is 2. The molecule has 1 aliphatic heterocycles. The van der Waals surface area contributed by atoms with Crippen LogP contribution in [-0.4, -0.2) is 35.1 Å². The lowest BCUT2D eigenvalue weighted by molar-refractivity contribution is -0.148. The van der Waals surface area contributed by atoms with Crippen molar-refractivity contribution < 1.29 is 14.3 Å². The Kier molecular flexibility index (Phi) is 3.43. The molecule has 0 saturated carbocycles. The normalized spacial score (nSPS) is 18.7. The molecule has 3 nitrogen and oxygen atoms in total. The third-order valence-corrected chi connectivity index (χ3v) is 3.36. The first kappa shape index (κ1) is 12.0. The van der Waals surface area contributed by atoms with Crippen molar-refractivity contribution >= 4 is 5.97 Å². The molecule has 1 aromatic carbocycles. The Morgan fingerprint density at radius 3 is 2.76 bits per heavy atom. The highest BCUT2D eigenvalue weighted by molar-refractivity contribution is 5.71. The van der Waals surface area contributed by atoms with Gasteiger partial charge in [0, 0.05) is 19.1 Å². The third-order valence-electron chi connectivity index (χ3n) is 3.36. The number of rotatable bonds is 4. The van der Waals surface area contributed by atoms with Gasteiger partial charge in [0.15, 0.2) is 0 Å². The smallest absolute Gasteiger partial charge is 0.309 e. The van der Waals surface area contributed by atoms with Gasteiger partial charge in [-0.25, -0.2) is 4.39 Å². The highest BCUT2D eigenvalue weighted by Crippen LogP contribution is 2.21. The predicted octanol–water partition coefficient (Wildman–Crippen LogP) is 1.77. The average molecular weight is 237 g/mol. The van der Waals surface area contributed by atoms with Crippen molar-refractivity contribution in [1.82, 2.24) is 4.90 Å². The number of hydrogen-bond donors (Lipinski definition) is 1. The Bertz CT molecular complexity index is 416. The molecule has 1 N–H and O–H groups in total. The maximum atomic E-state index is 13.4. The Morgan fingerprint density at radius 2 is 2.18 bits per heavy atom. The summed E-state index contributed by atoms with van der Waals surface area (Å²) in [4.78, 5) is 12.8. The second-order valence-electron chi connectivity index (χ2n) is 4.63. The minimum absolute atomic E-state index is 0.183. The fourth-order valence-electron chi connectivity index (χ4n) is 2.14. The summed E-state index contributed by atoms with van der Waals surface area (Å²) in [7, 11) is 0. The molecule has 92 valence electrons. The molecule has 1 atom stereocenters. The SMILES string of the molecule is CC(Cc1ccccc1F)N1CC(C(=O)O)C1. The van der Waals surface area contributed by atoms with Crippen LogP contribution in [0.4, 0.5) is 4.39 Å². The van der Waals surface area contributed by atoms with Gasteiger partial charge in [0.2, 0.25) is 0 Å². The van der Waals surface area contributed by atoms with E-state index < -0.39 is 5.97 Å². The van der Waals surface area contributed by atoms with E-state index in [0.717, 1.165) is 0 Å².